The summed E-state index contributed by atoms with van der Waals surface area (Å²) in [6, 6.07) is 1.98. The minimum atomic E-state index is -0.682. The minimum Gasteiger partial charge on any atom is -0.481 e. The molecule has 9 heteroatoms. The summed E-state index contributed by atoms with van der Waals surface area (Å²) >= 11 is 1.57. The van der Waals surface area contributed by atoms with Crippen LogP contribution in [0.4, 0.5) is 10.5 Å². The standard InChI is InChI=1S/C23H28N4OS.C4H7NO2/c1-4-8-19(18-9-6-5-7-10-18)13-16(2)26-11-12-27(23(26)28)20-14-21-22(24-15-20)29-17(3)25-21;6-4(7)3-1-5-2-3/h4,8,13-15,18H,1,5-7,9-12H2,2-3H3;3,5H,1-2H2,(H,6,7)/b16-13+,19-8+;. The molecule has 3 aliphatic rings. The molecule has 0 aromatic carbocycles. The number of aliphatic carboxylic acids is 1. The van der Waals surface area contributed by atoms with Crippen LogP contribution in [0.1, 0.15) is 44.0 Å². The van der Waals surface area contributed by atoms with E-state index in [9.17, 15) is 9.59 Å². The van der Waals surface area contributed by atoms with Crippen LogP contribution >= 0.6 is 11.3 Å². The van der Waals surface area contributed by atoms with Crippen LogP contribution in [0.3, 0.4) is 0 Å². The van der Waals surface area contributed by atoms with E-state index < -0.39 is 5.97 Å². The van der Waals surface area contributed by atoms with Gasteiger partial charge in [-0.05, 0) is 50.3 Å². The van der Waals surface area contributed by atoms with Crippen LogP contribution in [0.15, 0.2) is 48.3 Å². The van der Waals surface area contributed by atoms with Crippen molar-refractivity contribution in [2.45, 2.75) is 46.0 Å². The molecule has 2 aliphatic heterocycles. The van der Waals surface area contributed by atoms with E-state index in [1.807, 2.05) is 30.9 Å². The summed E-state index contributed by atoms with van der Waals surface area (Å²) in [5, 5.41) is 12.0. The Morgan fingerprint density at radius 1 is 1.22 bits per heavy atom. The number of fused-ring (bicyclic) bond motifs is 1. The van der Waals surface area contributed by atoms with Gasteiger partial charge in [0.1, 0.15) is 10.3 Å². The fourth-order valence-electron chi connectivity index (χ4n) is 4.83. The van der Waals surface area contributed by atoms with Crippen LogP contribution in [0.25, 0.3) is 10.3 Å². The number of allylic oxidation sites excluding steroid dienone is 5. The number of hydrogen-bond acceptors (Lipinski definition) is 6. The van der Waals surface area contributed by atoms with Crippen LogP contribution in [-0.2, 0) is 4.79 Å². The number of thiazole rings is 1. The maximum absolute atomic E-state index is 13.1. The number of rotatable bonds is 6. The van der Waals surface area contributed by atoms with Crippen molar-refractivity contribution in [2.75, 3.05) is 31.1 Å². The minimum absolute atomic E-state index is 0.00782. The number of carbonyl (C=O) groups excluding carboxylic acids is 1. The van der Waals surface area contributed by atoms with E-state index in [0.717, 1.165) is 26.7 Å². The van der Waals surface area contributed by atoms with Gasteiger partial charge in [-0.15, -0.1) is 0 Å². The number of aromatic nitrogens is 2. The Morgan fingerprint density at radius 2 is 1.97 bits per heavy atom. The molecule has 0 spiro atoms. The van der Waals surface area contributed by atoms with Crippen LogP contribution in [-0.4, -0.2) is 58.2 Å². The molecule has 3 fully saturated rings. The second kappa shape index (κ2) is 11.8. The number of nitrogens with one attached hydrogen (secondary N) is 1. The lowest BCUT2D eigenvalue weighted by molar-refractivity contribution is -0.143. The van der Waals surface area contributed by atoms with E-state index in [1.165, 1.54) is 37.7 Å². The maximum atomic E-state index is 13.1. The van der Waals surface area contributed by atoms with Crippen molar-refractivity contribution < 1.29 is 14.7 Å². The van der Waals surface area contributed by atoms with Crippen molar-refractivity contribution in [1.29, 1.82) is 0 Å². The number of carbonyl (C=O) groups is 2. The highest BCUT2D eigenvalue weighted by Gasteiger charge is 2.31. The number of anilines is 1. The average Bonchev–Trinajstić information content (AvgIpc) is 3.39. The number of amides is 2. The predicted molar refractivity (Wildman–Crippen MR) is 144 cm³/mol. The third kappa shape index (κ3) is 6.02. The summed E-state index contributed by atoms with van der Waals surface area (Å²) in [6.45, 7) is 10.5. The Kier molecular flexibility index (Phi) is 8.53. The number of aryl methyl sites for hydroxylation is 1. The lowest BCUT2D eigenvalue weighted by Crippen LogP contribution is -2.46. The van der Waals surface area contributed by atoms with Gasteiger partial charge in [0.25, 0.3) is 0 Å². The molecule has 2 amide bonds. The van der Waals surface area contributed by atoms with Gasteiger partial charge in [-0.2, -0.15) is 0 Å². The van der Waals surface area contributed by atoms with Gasteiger partial charge in [-0.25, -0.2) is 14.8 Å². The van der Waals surface area contributed by atoms with Crippen molar-refractivity contribution in [3.05, 3.63) is 53.3 Å². The van der Waals surface area contributed by atoms with E-state index in [0.29, 0.717) is 32.1 Å². The quantitative estimate of drug-likeness (QED) is 0.524. The highest BCUT2D eigenvalue weighted by atomic mass is 32.1. The molecule has 4 heterocycles. The Labute approximate surface area is 216 Å². The molecular formula is C27H35N5O3S. The van der Waals surface area contributed by atoms with E-state index in [-0.39, 0.29) is 11.9 Å². The zero-order valence-electron chi connectivity index (χ0n) is 21.1. The van der Waals surface area contributed by atoms with E-state index in [1.54, 1.807) is 22.4 Å². The van der Waals surface area contributed by atoms with Gasteiger partial charge in [-0.1, -0.05) is 49.3 Å². The summed E-state index contributed by atoms with van der Waals surface area (Å²) in [5.74, 6) is -0.219. The van der Waals surface area contributed by atoms with E-state index >= 15 is 0 Å². The van der Waals surface area contributed by atoms with Crippen molar-refractivity contribution in [3.8, 4) is 0 Å². The molecule has 0 atom stereocenters. The first-order valence-corrected chi connectivity index (χ1v) is 13.5. The number of nitrogens with zero attached hydrogens (tertiary/aromatic N) is 4. The molecule has 2 aromatic rings. The number of hydrogen-bond donors (Lipinski definition) is 2. The summed E-state index contributed by atoms with van der Waals surface area (Å²) < 4.78 is 0. The number of pyridine rings is 1. The molecule has 36 heavy (non-hydrogen) atoms. The van der Waals surface area contributed by atoms with E-state index in [4.69, 9.17) is 5.11 Å². The van der Waals surface area contributed by atoms with Gasteiger partial charge >= 0.3 is 12.0 Å². The molecule has 8 nitrogen and oxygen atoms in total. The fourth-order valence-corrected chi connectivity index (χ4v) is 5.57. The molecule has 2 N–H and O–H groups in total. The van der Waals surface area contributed by atoms with Gasteiger partial charge in [0.2, 0.25) is 0 Å². The Bertz CT molecular complexity index is 1180. The summed E-state index contributed by atoms with van der Waals surface area (Å²) in [4.78, 5) is 36.7. The van der Waals surface area contributed by atoms with Crippen molar-refractivity contribution in [1.82, 2.24) is 20.2 Å². The third-order valence-electron chi connectivity index (χ3n) is 6.98. The van der Waals surface area contributed by atoms with Gasteiger partial charge in [0.05, 0.1) is 22.8 Å². The summed E-state index contributed by atoms with van der Waals surface area (Å²) in [7, 11) is 0. The predicted octanol–water partition coefficient (Wildman–Crippen LogP) is 5.13. The molecule has 192 valence electrons. The molecule has 1 saturated carbocycles. The van der Waals surface area contributed by atoms with Crippen molar-refractivity contribution in [3.63, 3.8) is 0 Å². The molecule has 0 radical (unpaired) electrons. The zero-order valence-corrected chi connectivity index (χ0v) is 21.9. The lowest BCUT2D eigenvalue weighted by atomic mass is 9.83. The second-order valence-corrected chi connectivity index (χ2v) is 10.7. The fraction of sp³-hybridized carbons (Fsp3) is 0.481. The topological polar surface area (TPSA) is 98.7 Å². The largest absolute Gasteiger partial charge is 0.481 e. The first kappa shape index (κ1) is 26.0. The second-order valence-electron chi connectivity index (χ2n) is 9.55. The first-order valence-electron chi connectivity index (χ1n) is 12.6. The van der Waals surface area contributed by atoms with Gasteiger partial charge in [-0.3, -0.25) is 14.6 Å². The molecular weight excluding hydrogens is 474 g/mol. The highest BCUT2D eigenvalue weighted by molar-refractivity contribution is 7.18. The molecule has 2 aromatic heterocycles. The average molecular weight is 510 g/mol. The van der Waals surface area contributed by atoms with E-state index in [2.05, 4.69) is 34.0 Å². The van der Waals surface area contributed by atoms with Crippen LogP contribution in [0.5, 0.6) is 0 Å². The number of carboxylic acids is 1. The smallest absolute Gasteiger partial charge is 0.328 e. The van der Waals surface area contributed by atoms with Gasteiger partial charge in [0, 0.05) is 31.9 Å². The normalized spacial score (nSPS) is 19.8. The first-order chi connectivity index (χ1) is 17.4. The van der Waals surface area contributed by atoms with Gasteiger partial charge in [0.15, 0.2) is 0 Å². The summed E-state index contributed by atoms with van der Waals surface area (Å²) in [5.41, 5.74) is 3.97. The van der Waals surface area contributed by atoms with Crippen LogP contribution in [0.2, 0.25) is 0 Å². The zero-order chi connectivity index (χ0) is 25.7. The van der Waals surface area contributed by atoms with Crippen LogP contribution in [0, 0.1) is 18.8 Å². The Morgan fingerprint density at radius 3 is 2.58 bits per heavy atom. The molecule has 0 unspecified atom stereocenters. The van der Waals surface area contributed by atoms with Gasteiger partial charge < -0.3 is 10.4 Å². The maximum Gasteiger partial charge on any atom is 0.328 e. The Balaban J connectivity index is 0.000000375. The Hall–Kier alpha value is -3.04. The van der Waals surface area contributed by atoms with Crippen LogP contribution < -0.4 is 10.2 Å². The molecule has 2 saturated heterocycles. The number of carboxylic acid groups (broad SMARTS) is 1. The lowest BCUT2D eigenvalue weighted by Gasteiger charge is -2.24. The highest BCUT2D eigenvalue weighted by Crippen LogP contribution is 2.32. The van der Waals surface area contributed by atoms with Crippen molar-refractivity contribution in [2.24, 2.45) is 11.8 Å². The summed E-state index contributed by atoms with van der Waals surface area (Å²) in [6.07, 6.45) is 14.3. The molecule has 5 rings (SSSR count). The third-order valence-corrected chi connectivity index (χ3v) is 7.87. The SMILES string of the molecule is C=C/C=C(\C=C(/C)N1CCN(c2cnc3sc(C)nc3c2)C1=O)C1CCCCC1.O=C(O)C1CNC1. The monoisotopic (exact) mass is 509 g/mol. The number of urea groups is 1. The van der Waals surface area contributed by atoms with Crippen molar-refractivity contribution >= 4 is 39.4 Å². The molecule has 1 aliphatic carbocycles. The molecule has 0 bridgehead atoms.